The van der Waals surface area contributed by atoms with Gasteiger partial charge in [-0.1, -0.05) is 22.9 Å². The molecule has 102 valence electrons. The highest BCUT2D eigenvalue weighted by atomic mass is 79.9. The van der Waals surface area contributed by atoms with Gasteiger partial charge in [0.1, 0.15) is 5.82 Å². The van der Waals surface area contributed by atoms with Crippen LogP contribution in [0.15, 0.2) is 22.7 Å². The second-order valence-electron chi connectivity index (χ2n) is 4.06. The van der Waals surface area contributed by atoms with Crippen molar-refractivity contribution in [3.8, 4) is 0 Å². The van der Waals surface area contributed by atoms with E-state index in [4.69, 9.17) is 0 Å². The lowest BCUT2D eigenvalue weighted by molar-refractivity contribution is 0.588. The Hall–Kier alpha value is -0.460. The number of sulfone groups is 1. The topological polar surface area (TPSA) is 46.2 Å². The molecule has 0 fully saturated rings. The smallest absolute Gasteiger partial charge is 0.151 e. The Labute approximate surface area is 116 Å². The molecular formula is C12H17BrFNO2S. The van der Waals surface area contributed by atoms with E-state index < -0.39 is 9.84 Å². The summed E-state index contributed by atoms with van der Waals surface area (Å²) in [4.78, 5) is 0. The second kappa shape index (κ2) is 7.21. The molecule has 0 bridgehead atoms. The van der Waals surface area contributed by atoms with Crippen LogP contribution in [0.2, 0.25) is 0 Å². The van der Waals surface area contributed by atoms with E-state index in [9.17, 15) is 12.8 Å². The minimum atomic E-state index is -2.95. The molecule has 0 aliphatic rings. The predicted molar refractivity (Wildman–Crippen MR) is 74.8 cm³/mol. The molecule has 1 rings (SSSR count). The van der Waals surface area contributed by atoms with Gasteiger partial charge in [-0.2, -0.15) is 0 Å². The molecule has 18 heavy (non-hydrogen) atoms. The van der Waals surface area contributed by atoms with Crippen LogP contribution in [-0.2, 0) is 16.4 Å². The standard InChI is InChI=1S/C12H17BrFNO2S/c1-2-6-18(16,17)7-5-15-9-10-8-11(14)3-4-12(10)13/h3-4,8,15H,2,5-7,9H2,1H3. The van der Waals surface area contributed by atoms with Crippen LogP contribution in [0.1, 0.15) is 18.9 Å². The first-order chi connectivity index (χ1) is 8.44. The largest absolute Gasteiger partial charge is 0.312 e. The number of benzene rings is 1. The zero-order valence-corrected chi connectivity index (χ0v) is 12.7. The third kappa shape index (κ3) is 5.46. The maximum atomic E-state index is 13.0. The summed E-state index contributed by atoms with van der Waals surface area (Å²) in [7, 11) is -2.95. The molecule has 0 atom stereocenters. The molecule has 3 nitrogen and oxygen atoms in total. The summed E-state index contributed by atoms with van der Waals surface area (Å²) in [6.07, 6.45) is 0.637. The first kappa shape index (κ1) is 15.6. The van der Waals surface area contributed by atoms with Crippen LogP contribution < -0.4 is 5.32 Å². The van der Waals surface area contributed by atoms with Crippen LogP contribution in [0.25, 0.3) is 0 Å². The summed E-state index contributed by atoms with van der Waals surface area (Å²) in [6, 6.07) is 4.44. The molecule has 0 saturated carbocycles. The molecule has 0 aliphatic heterocycles. The minimum Gasteiger partial charge on any atom is -0.312 e. The molecule has 0 spiro atoms. The molecule has 0 radical (unpaired) electrons. The van der Waals surface area contributed by atoms with Gasteiger partial charge in [-0.25, -0.2) is 12.8 Å². The lowest BCUT2D eigenvalue weighted by Gasteiger charge is -2.07. The van der Waals surface area contributed by atoms with E-state index in [1.54, 1.807) is 6.07 Å². The second-order valence-corrected chi connectivity index (χ2v) is 7.22. The molecule has 0 unspecified atom stereocenters. The maximum absolute atomic E-state index is 13.0. The minimum absolute atomic E-state index is 0.119. The molecular weight excluding hydrogens is 321 g/mol. The molecule has 0 amide bonds. The zero-order valence-electron chi connectivity index (χ0n) is 10.2. The van der Waals surface area contributed by atoms with Crippen molar-refractivity contribution in [2.24, 2.45) is 0 Å². The number of rotatable bonds is 7. The van der Waals surface area contributed by atoms with Crippen LogP contribution >= 0.6 is 15.9 Å². The monoisotopic (exact) mass is 337 g/mol. The van der Waals surface area contributed by atoms with Gasteiger partial charge in [-0.05, 0) is 30.2 Å². The molecule has 0 saturated heterocycles. The molecule has 0 aromatic heterocycles. The van der Waals surface area contributed by atoms with Gasteiger partial charge in [0.2, 0.25) is 0 Å². The highest BCUT2D eigenvalue weighted by Gasteiger charge is 2.08. The summed E-state index contributed by atoms with van der Waals surface area (Å²) in [5.41, 5.74) is 0.780. The summed E-state index contributed by atoms with van der Waals surface area (Å²) in [6.45, 7) is 2.67. The van der Waals surface area contributed by atoms with Crippen molar-refractivity contribution in [1.29, 1.82) is 0 Å². The van der Waals surface area contributed by atoms with Crippen LogP contribution in [0.3, 0.4) is 0 Å². The lowest BCUT2D eigenvalue weighted by atomic mass is 10.2. The maximum Gasteiger partial charge on any atom is 0.151 e. The first-order valence-corrected chi connectivity index (χ1v) is 8.41. The van der Waals surface area contributed by atoms with Gasteiger partial charge in [0.25, 0.3) is 0 Å². The Morgan fingerprint density at radius 1 is 1.33 bits per heavy atom. The van der Waals surface area contributed by atoms with E-state index in [1.165, 1.54) is 12.1 Å². The average molecular weight is 338 g/mol. The number of hydrogen-bond donors (Lipinski definition) is 1. The Balaban J connectivity index is 2.40. The third-order valence-electron chi connectivity index (χ3n) is 2.43. The Bertz CT molecular complexity index is 491. The van der Waals surface area contributed by atoms with E-state index in [0.717, 1.165) is 10.0 Å². The number of hydrogen-bond acceptors (Lipinski definition) is 3. The van der Waals surface area contributed by atoms with Gasteiger partial charge < -0.3 is 5.32 Å². The van der Waals surface area contributed by atoms with Gasteiger partial charge in [0.05, 0.1) is 5.75 Å². The SMILES string of the molecule is CCCS(=O)(=O)CCNCc1cc(F)ccc1Br. The van der Waals surface area contributed by atoms with Crippen LogP contribution in [0, 0.1) is 5.82 Å². The first-order valence-electron chi connectivity index (χ1n) is 5.79. The van der Waals surface area contributed by atoms with Gasteiger partial charge in [0.15, 0.2) is 9.84 Å². The Kier molecular flexibility index (Phi) is 6.25. The quantitative estimate of drug-likeness (QED) is 0.777. The summed E-state index contributed by atoms with van der Waals surface area (Å²) < 4.78 is 36.7. The summed E-state index contributed by atoms with van der Waals surface area (Å²) in [5, 5.41) is 3.01. The summed E-state index contributed by atoms with van der Waals surface area (Å²) in [5.74, 6) is 0.0418. The molecule has 6 heteroatoms. The summed E-state index contributed by atoms with van der Waals surface area (Å²) >= 11 is 3.32. The highest BCUT2D eigenvalue weighted by molar-refractivity contribution is 9.10. The third-order valence-corrected chi connectivity index (χ3v) is 5.06. The van der Waals surface area contributed by atoms with Gasteiger partial charge in [-0.3, -0.25) is 0 Å². The normalized spacial score (nSPS) is 11.7. The van der Waals surface area contributed by atoms with Gasteiger partial charge >= 0.3 is 0 Å². The van der Waals surface area contributed by atoms with Crippen LogP contribution in [0.5, 0.6) is 0 Å². The predicted octanol–water partition coefficient (Wildman–Crippen LogP) is 2.50. The van der Waals surface area contributed by atoms with E-state index >= 15 is 0 Å². The van der Waals surface area contributed by atoms with E-state index in [0.29, 0.717) is 19.5 Å². The van der Waals surface area contributed by atoms with Gasteiger partial charge in [0, 0.05) is 23.3 Å². The molecule has 0 heterocycles. The van der Waals surface area contributed by atoms with Crippen molar-refractivity contribution in [1.82, 2.24) is 5.32 Å². The fraction of sp³-hybridized carbons (Fsp3) is 0.500. The Morgan fingerprint density at radius 2 is 2.06 bits per heavy atom. The fourth-order valence-electron chi connectivity index (χ4n) is 1.54. The van der Waals surface area contributed by atoms with Crippen molar-refractivity contribution in [2.75, 3.05) is 18.1 Å². The van der Waals surface area contributed by atoms with E-state index in [2.05, 4.69) is 21.2 Å². The van der Waals surface area contributed by atoms with Crippen molar-refractivity contribution in [2.45, 2.75) is 19.9 Å². The zero-order chi connectivity index (χ0) is 13.6. The van der Waals surface area contributed by atoms with Crippen LogP contribution in [0.4, 0.5) is 4.39 Å². The Morgan fingerprint density at radius 3 is 2.72 bits per heavy atom. The van der Waals surface area contributed by atoms with Gasteiger partial charge in [-0.15, -0.1) is 0 Å². The fourth-order valence-corrected chi connectivity index (χ4v) is 3.21. The highest BCUT2D eigenvalue weighted by Crippen LogP contribution is 2.17. The van der Waals surface area contributed by atoms with E-state index in [1.807, 2.05) is 6.92 Å². The number of halogens is 2. The average Bonchev–Trinajstić information content (AvgIpc) is 2.29. The molecule has 1 N–H and O–H groups in total. The van der Waals surface area contributed by atoms with E-state index in [-0.39, 0.29) is 17.3 Å². The van der Waals surface area contributed by atoms with Crippen molar-refractivity contribution < 1.29 is 12.8 Å². The lowest BCUT2D eigenvalue weighted by Crippen LogP contribution is -2.24. The van der Waals surface area contributed by atoms with Crippen molar-refractivity contribution >= 4 is 25.8 Å². The van der Waals surface area contributed by atoms with Crippen molar-refractivity contribution in [3.05, 3.63) is 34.1 Å². The molecule has 0 aliphatic carbocycles. The molecule has 1 aromatic rings. The molecule has 1 aromatic carbocycles. The number of nitrogens with one attached hydrogen (secondary N) is 1. The van der Waals surface area contributed by atoms with Crippen molar-refractivity contribution in [3.63, 3.8) is 0 Å². The van der Waals surface area contributed by atoms with Crippen LogP contribution in [-0.4, -0.2) is 26.5 Å².